The highest BCUT2D eigenvalue weighted by molar-refractivity contribution is 6.22. The van der Waals surface area contributed by atoms with E-state index in [9.17, 15) is 14.4 Å². The number of fused-ring (bicyclic) bond motifs is 1. The van der Waals surface area contributed by atoms with Gasteiger partial charge in [0.2, 0.25) is 0 Å². The number of hydrogen-bond donors (Lipinski definition) is 1. The molecule has 1 aliphatic carbocycles. The van der Waals surface area contributed by atoms with E-state index in [2.05, 4.69) is 10.3 Å². The molecule has 1 N–H and O–H groups in total. The minimum Gasteiger partial charge on any atom is -0.489 e. The summed E-state index contributed by atoms with van der Waals surface area (Å²) >= 11 is 0. The lowest BCUT2D eigenvalue weighted by Crippen LogP contribution is -2.24. The molecule has 0 spiro atoms. The number of nitrogens with zero attached hydrogens (tertiary/aromatic N) is 2. The van der Waals surface area contributed by atoms with Gasteiger partial charge in [-0.05, 0) is 49.1 Å². The number of nitrogens with one attached hydrogen (secondary N) is 1. The molecular weight excluding hydrogens is 370 g/mol. The van der Waals surface area contributed by atoms with Gasteiger partial charge in [0.25, 0.3) is 17.7 Å². The maximum Gasteiger partial charge on any atom is 0.261 e. The quantitative estimate of drug-likeness (QED) is 0.785. The molecule has 2 aliphatic rings. The highest BCUT2D eigenvalue weighted by Gasteiger charge is 2.33. The first-order valence-corrected chi connectivity index (χ1v) is 9.90. The van der Waals surface area contributed by atoms with E-state index in [0.717, 1.165) is 17.7 Å². The van der Waals surface area contributed by atoms with Crippen molar-refractivity contribution in [2.75, 3.05) is 19.0 Å². The Kier molecular flexibility index (Phi) is 5.29. The Morgan fingerprint density at radius 1 is 1.14 bits per heavy atom. The second-order valence-corrected chi connectivity index (χ2v) is 7.55. The summed E-state index contributed by atoms with van der Waals surface area (Å²) in [6.45, 7) is 0.607. The summed E-state index contributed by atoms with van der Waals surface area (Å²) < 4.78 is 5.95. The predicted molar refractivity (Wildman–Crippen MR) is 107 cm³/mol. The lowest BCUT2D eigenvalue weighted by Gasteiger charge is -2.22. The summed E-state index contributed by atoms with van der Waals surface area (Å²) in [4.78, 5) is 42.2. The fourth-order valence-electron chi connectivity index (χ4n) is 3.84. The van der Waals surface area contributed by atoms with E-state index in [1.54, 1.807) is 18.3 Å². The van der Waals surface area contributed by atoms with Crippen LogP contribution >= 0.6 is 0 Å². The van der Waals surface area contributed by atoms with E-state index in [1.165, 1.54) is 44.5 Å². The van der Waals surface area contributed by atoms with Gasteiger partial charge < -0.3 is 10.1 Å². The number of anilines is 1. The first kappa shape index (κ1) is 19.1. The standard InChI is InChI=1S/C22H23N3O4/c1-25-21(27)16-10-9-15(12-17(16)22(25)28)20(26)24-19-18(8-5-11-23-19)29-13-14-6-3-2-4-7-14/h5,8-12,14H,2-4,6-7,13H2,1H3,(H,23,24,26). The van der Waals surface area contributed by atoms with Crippen molar-refractivity contribution in [3.63, 3.8) is 0 Å². The fourth-order valence-corrected chi connectivity index (χ4v) is 3.84. The molecule has 0 bridgehead atoms. The Bertz CT molecular complexity index is 966. The van der Waals surface area contributed by atoms with Crippen molar-refractivity contribution in [2.24, 2.45) is 5.92 Å². The Hall–Kier alpha value is -3.22. The van der Waals surface area contributed by atoms with Crippen LogP contribution in [0.5, 0.6) is 5.75 Å². The van der Waals surface area contributed by atoms with Crippen LogP contribution in [-0.4, -0.2) is 41.3 Å². The Morgan fingerprint density at radius 2 is 1.90 bits per heavy atom. The maximum absolute atomic E-state index is 12.7. The number of carbonyl (C=O) groups excluding carboxylic acids is 3. The van der Waals surface area contributed by atoms with Crippen LogP contribution in [0.3, 0.4) is 0 Å². The van der Waals surface area contributed by atoms with Gasteiger partial charge in [-0.25, -0.2) is 4.98 Å². The largest absolute Gasteiger partial charge is 0.489 e. The number of imide groups is 1. The molecule has 1 fully saturated rings. The van der Waals surface area contributed by atoms with E-state index in [4.69, 9.17) is 4.74 Å². The van der Waals surface area contributed by atoms with Gasteiger partial charge in [0.1, 0.15) is 0 Å². The van der Waals surface area contributed by atoms with Crippen molar-refractivity contribution in [1.29, 1.82) is 0 Å². The maximum atomic E-state index is 12.7. The van der Waals surface area contributed by atoms with Crippen molar-refractivity contribution in [3.8, 4) is 5.75 Å². The SMILES string of the molecule is CN1C(=O)c2ccc(C(=O)Nc3ncccc3OCC3CCCCC3)cc2C1=O. The van der Waals surface area contributed by atoms with Crippen molar-refractivity contribution in [3.05, 3.63) is 53.2 Å². The van der Waals surface area contributed by atoms with Gasteiger partial charge in [-0.2, -0.15) is 0 Å². The first-order chi connectivity index (χ1) is 14.0. The predicted octanol–water partition coefficient (Wildman–Crippen LogP) is 3.52. The van der Waals surface area contributed by atoms with Crippen LogP contribution in [-0.2, 0) is 0 Å². The number of amides is 3. The number of ether oxygens (including phenoxy) is 1. The number of aromatic nitrogens is 1. The number of rotatable bonds is 5. The minimum absolute atomic E-state index is 0.236. The van der Waals surface area contributed by atoms with Gasteiger partial charge in [0.05, 0.1) is 17.7 Å². The van der Waals surface area contributed by atoms with Gasteiger partial charge >= 0.3 is 0 Å². The molecule has 7 heteroatoms. The van der Waals surface area contributed by atoms with Crippen molar-refractivity contribution in [1.82, 2.24) is 9.88 Å². The summed E-state index contributed by atoms with van der Waals surface area (Å²) in [5.41, 5.74) is 0.826. The molecule has 150 valence electrons. The zero-order chi connectivity index (χ0) is 20.4. The molecule has 4 rings (SSSR count). The number of pyridine rings is 1. The van der Waals surface area contributed by atoms with Gasteiger partial charge in [0.15, 0.2) is 11.6 Å². The summed E-state index contributed by atoms with van der Waals surface area (Å²) in [7, 11) is 1.42. The molecule has 2 heterocycles. The van der Waals surface area contributed by atoms with Crippen LogP contribution in [0.4, 0.5) is 5.82 Å². The van der Waals surface area contributed by atoms with Crippen LogP contribution in [0.25, 0.3) is 0 Å². The molecule has 0 saturated heterocycles. The van der Waals surface area contributed by atoms with Gasteiger partial charge in [-0.3, -0.25) is 19.3 Å². The van der Waals surface area contributed by atoms with Crippen molar-refractivity contribution < 1.29 is 19.1 Å². The Balaban J connectivity index is 1.48. The first-order valence-electron chi connectivity index (χ1n) is 9.90. The van der Waals surface area contributed by atoms with E-state index in [1.807, 2.05) is 0 Å². The molecule has 1 aliphatic heterocycles. The number of hydrogen-bond acceptors (Lipinski definition) is 5. The van der Waals surface area contributed by atoms with Crippen LogP contribution in [0.15, 0.2) is 36.5 Å². The van der Waals surface area contributed by atoms with E-state index in [0.29, 0.717) is 29.7 Å². The van der Waals surface area contributed by atoms with Crippen LogP contribution in [0.1, 0.15) is 63.2 Å². The van der Waals surface area contributed by atoms with Crippen LogP contribution < -0.4 is 10.1 Å². The molecular formula is C22H23N3O4. The van der Waals surface area contributed by atoms with E-state index >= 15 is 0 Å². The van der Waals surface area contributed by atoms with Gasteiger partial charge in [-0.15, -0.1) is 0 Å². The second-order valence-electron chi connectivity index (χ2n) is 7.55. The van der Waals surface area contributed by atoms with Crippen LogP contribution in [0, 0.1) is 5.92 Å². The molecule has 1 aromatic carbocycles. The number of benzene rings is 1. The lowest BCUT2D eigenvalue weighted by atomic mass is 9.90. The van der Waals surface area contributed by atoms with Crippen LogP contribution in [0.2, 0.25) is 0 Å². The third-order valence-electron chi connectivity index (χ3n) is 5.55. The van der Waals surface area contributed by atoms with E-state index in [-0.39, 0.29) is 17.0 Å². The average Bonchev–Trinajstić information content (AvgIpc) is 2.97. The monoisotopic (exact) mass is 393 g/mol. The van der Waals surface area contributed by atoms with Gasteiger partial charge in [0, 0.05) is 18.8 Å². The lowest BCUT2D eigenvalue weighted by molar-refractivity contribution is 0.0693. The highest BCUT2D eigenvalue weighted by atomic mass is 16.5. The number of carbonyl (C=O) groups is 3. The fraction of sp³-hybridized carbons (Fsp3) is 0.364. The summed E-state index contributed by atoms with van der Waals surface area (Å²) in [5, 5.41) is 2.76. The van der Waals surface area contributed by atoms with E-state index < -0.39 is 11.8 Å². The van der Waals surface area contributed by atoms with Gasteiger partial charge in [-0.1, -0.05) is 19.3 Å². The molecule has 1 saturated carbocycles. The normalized spacial score (nSPS) is 16.7. The molecule has 7 nitrogen and oxygen atoms in total. The van der Waals surface area contributed by atoms with Crippen molar-refractivity contribution >= 4 is 23.5 Å². The molecule has 3 amide bonds. The second kappa shape index (κ2) is 8.03. The molecule has 0 atom stereocenters. The van der Waals surface area contributed by atoms with Crippen molar-refractivity contribution in [2.45, 2.75) is 32.1 Å². The summed E-state index contributed by atoms with van der Waals surface area (Å²) in [6.07, 6.45) is 7.67. The molecule has 2 aromatic rings. The Morgan fingerprint density at radius 3 is 2.69 bits per heavy atom. The average molecular weight is 393 g/mol. The minimum atomic E-state index is -0.413. The Labute approximate surface area is 169 Å². The summed E-state index contributed by atoms with van der Waals surface area (Å²) in [5.74, 6) is 0.217. The zero-order valence-electron chi connectivity index (χ0n) is 16.3. The molecule has 0 radical (unpaired) electrons. The summed E-state index contributed by atoms with van der Waals surface area (Å²) in [6, 6.07) is 8.03. The smallest absolute Gasteiger partial charge is 0.261 e. The highest BCUT2D eigenvalue weighted by Crippen LogP contribution is 2.28. The zero-order valence-corrected chi connectivity index (χ0v) is 16.3. The molecule has 1 aromatic heterocycles. The third kappa shape index (κ3) is 3.85. The topological polar surface area (TPSA) is 88.6 Å². The third-order valence-corrected chi connectivity index (χ3v) is 5.55. The molecule has 29 heavy (non-hydrogen) atoms. The molecule has 0 unspecified atom stereocenters.